The standard InChI is InChI=1S/C20H20FN5O4/c21-14-1-3-15(4-2-14)22-19(28)25-18(27)13-20(23-25)9-11-24(12-10-20)16-5-7-17(8-6-16)26(29)30/h1-8,23H,9-13H2,(H,22,28). The minimum absolute atomic E-state index is 0.0399. The second-order valence-electron chi connectivity index (χ2n) is 7.50. The molecular weight excluding hydrogens is 393 g/mol. The lowest BCUT2D eigenvalue weighted by Crippen LogP contribution is -2.55. The van der Waals surface area contributed by atoms with E-state index in [9.17, 15) is 24.1 Å². The van der Waals surface area contributed by atoms with E-state index in [2.05, 4.69) is 15.6 Å². The summed E-state index contributed by atoms with van der Waals surface area (Å²) in [6.45, 7) is 1.29. The molecule has 2 aromatic rings. The van der Waals surface area contributed by atoms with Crippen LogP contribution in [0.4, 0.5) is 26.2 Å². The molecule has 1 spiro atoms. The molecule has 0 saturated carbocycles. The second-order valence-corrected chi connectivity index (χ2v) is 7.50. The topological polar surface area (TPSA) is 108 Å². The fraction of sp³-hybridized carbons (Fsp3) is 0.300. The van der Waals surface area contributed by atoms with E-state index in [0.717, 1.165) is 10.7 Å². The van der Waals surface area contributed by atoms with Crippen LogP contribution in [0.1, 0.15) is 19.3 Å². The van der Waals surface area contributed by atoms with E-state index in [-0.39, 0.29) is 18.0 Å². The van der Waals surface area contributed by atoms with Crippen molar-refractivity contribution in [3.05, 3.63) is 64.5 Å². The smallest absolute Gasteiger partial charge is 0.343 e. The molecule has 156 valence electrons. The van der Waals surface area contributed by atoms with Crippen molar-refractivity contribution < 1.29 is 18.9 Å². The number of hydrogen-bond donors (Lipinski definition) is 2. The summed E-state index contributed by atoms with van der Waals surface area (Å²) >= 11 is 0. The third-order valence-electron chi connectivity index (χ3n) is 5.53. The van der Waals surface area contributed by atoms with Crippen LogP contribution in [-0.4, -0.2) is 40.5 Å². The lowest BCUT2D eigenvalue weighted by atomic mass is 9.86. The SMILES string of the molecule is O=C1CC2(CCN(c3ccc([N+](=O)[O-])cc3)CC2)NN1C(=O)Nc1ccc(F)cc1. The zero-order chi connectivity index (χ0) is 21.3. The van der Waals surface area contributed by atoms with Crippen LogP contribution in [0, 0.1) is 15.9 Å². The third-order valence-corrected chi connectivity index (χ3v) is 5.53. The molecule has 9 nitrogen and oxygen atoms in total. The van der Waals surface area contributed by atoms with Crippen molar-refractivity contribution in [1.82, 2.24) is 10.4 Å². The number of carbonyl (C=O) groups is 2. The number of urea groups is 1. The number of anilines is 2. The van der Waals surface area contributed by atoms with Crippen molar-refractivity contribution in [2.75, 3.05) is 23.3 Å². The first kappa shape index (κ1) is 19.8. The summed E-state index contributed by atoms with van der Waals surface area (Å²) in [6, 6.07) is 11.1. The van der Waals surface area contributed by atoms with Crippen molar-refractivity contribution >= 4 is 29.0 Å². The number of nitrogens with zero attached hydrogens (tertiary/aromatic N) is 3. The molecule has 30 heavy (non-hydrogen) atoms. The number of nitro groups is 1. The first-order chi connectivity index (χ1) is 14.3. The fourth-order valence-electron chi connectivity index (χ4n) is 3.85. The van der Waals surface area contributed by atoms with Crippen LogP contribution in [0.5, 0.6) is 0 Å². The van der Waals surface area contributed by atoms with Gasteiger partial charge in [-0.1, -0.05) is 0 Å². The first-order valence-electron chi connectivity index (χ1n) is 9.52. The van der Waals surface area contributed by atoms with Gasteiger partial charge in [-0.15, -0.1) is 0 Å². The Bertz CT molecular complexity index is 972. The number of rotatable bonds is 3. The molecule has 0 unspecified atom stereocenters. The fourth-order valence-corrected chi connectivity index (χ4v) is 3.85. The Morgan fingerprint density at radius 3 is 2.33 bits per heavy atom. The van der Waals surface area contributed by atoms with Crippen molar-refractivity contribution in [2.24, 2.45) is 0 Å². The van der Waals surface area contributed by atoms with E-state index in [1.54, 1.807) is 12.1 Å². The number of nitro benzene ring substituents is 1. The summed E-state index contributed by atoms with van der Waals surface area (Å²) in [7, 11) is 0. The highest BCUT2D eigenvalue weighted by molar-refractivity contribution is 6.02. The summed E-state index contributed by atoms with van der Waals surface area (Å²) < 4.78 is 13.0. The Kier molecular flexibility index (Phi) is 5.08. The van der Waals surface area contributed by atoms with E-state index < -0.39 is 22.3 Å². The van der Waals surface area contributed by atoms with Gasteiger partial charge in [-0.05, 0) is 49.2 Å². The first-order valence-corrected chi connectivity index (χ1v) is 9.52. The minimum atomic E-state index is -0.610. The maximum Gasteiger partial charge on any atom is 0.343 e. The predicted molar refractivity (Wildman–Crippen MR) is 107 cm³/mol. The zero-order valence-electron chi connectivity index (χ0n) is 16.0. The minimum Gasteiger partial charge on any atom is -0.371 e. The van der Waals surface area contributed by atoms with Crippen molar-refractivity contribution in [2.45, 2.75) is 24.8 Å². The third kappa shape index (κ3) is 3.94. The number of hydrogen-bond acceptors (Lipinski definition) is 6. The molecule has 2 saturated heterocycles. The largest absolute Gasteiger partial charge is 0.371 e. The van der Waals surface area contributed by atoms with Crippen LogP contribution < -0.4 is 15.6 Å². The lowest BCUT2D eigenvalue weighted by Gasteiger charge is -2.40. The summed E-state index contributed by atoms with van der Waals surface area (Å²) in [5.41, 5.74) is 3.87. The highest BCUT2D eigenvalue weighted by Crippen LogP contribution is 2.33. The van der Waals surface area contributed by atoms with Gasteiger partial charge in [0.15, 0.2) is 0 Å². The van der Waals surface area contributed by atoms with Gasteiger partial charge in [-0.25, -0.2) is 14.6 Å². The van der Waals surface area contributed by atoms with Gasteiger partial charge in [-0.3, -0.25) is 14.9 Å². The zero-order valence-corrected chi connectivity index (χ0v) is 16.0. The molecular formula is C20H20FN5O4. The molecule has 0 aromatic heterocycles. The predicted octanol–water partition coefficient (Wildman–Crippen LogP) is 3.04. The number of amides is 3. The summed E-state index contributed by atoms with van der Waals surface area (Å²) in [5.74, 6) is -0.736. The number of imide groups is 1. The van der Waals surface area contributed by atoms with E-state index in [1.165, 1.54) is 36.4 Å². The Morgan fingerprint density at radius 2 is 1.73 bits per heavy atom. The summed E-state index contributed by atoms with van der Waals surface area (Å²) in [4.78, 5) is 37.4. The Morgan fingerprint density at radius 1 is 1.10 bits per heavy atom. The average molecular weight is 413 g/mol. The second kappa shape index (κ2) is 7.71. The highest BCUT2D eigenvalue weighted by Gasteiger charge is 2.47. The van der Waals surface area contributed by atoms with E-state index in [4.69, 9.17) is 0 Å². The van der Waals surface area contributed by atoms with Crippen LogP contribution in [0.15, 0.2) is 48.5 Å². The Hall–Kier alpha value is -3.53. The molecule has 2 aromatic carbocycles. The monoisotopic (exact) mass is 413 g/mol. The maximum absolute atomic E-state index is 13.0. The molecule has 2 N–H and O–H groups in total. The number of piperidine rings is 1. The van der Waals surface area contributed by atoms with Crippen molar-refractivity contribution in [3.8, 4) is 0 Å². The van der Waals surface area contributed by atoms with Gasteiger partial charge in [0.1, 0.15) is 5.82 Å². The number of hydrazine groups is 1. The molecule has 3 amide bonds. The van der Waals surface area contributed by atoms with Crippen LogP contribution in [0.3, 0.4) is 0 Å². The van der Waals surface area contributed by atoms with E-state index in [1.807, 2.05) is 0 Å². The molecule has 2 aliphatic rings. The van der Waals surface area contributed by atoms with Crippen LogP contribution in [-0.2, 0) is 4.79 Å². The van der Waals surface area contributed by atoms with Gasteiger partial charge in [0, 0.05) is 43.0 Å². The number of carbonyl (C=O) groups excluding carboxylic acids is 2. The Balaban J connectivity index is 1.37. The van der Waals surface area contributed by atoms with E-state index >= 15 is 0 Å². The number of halogens is 1. The molecule has 0 aliphatic carbocycles. The van der Waals surface area contributed by atoms with Crippen molar-refractivity contribution in [3.63, 3.8) is 0 Å². The van der Waals surface area contributed by atoms with Gasteiger partial charge in [0.2, 0.25) is 5.91 Å². The molecule has 2 heterocycles. The average Bonchev–Trinajstić information content (AvgIpc) is 3.06. The lowest BCUT2D eigenvalue weighted by molar-refractivity contribution is -0.384. The number of nitrogens with one attached hydrogen (secondary N) is 2. The molecule has 0 radical (unpaired) electrons. The van der Waals surface area contributed by atoms with Crippen LogP contribution in [0.25, 0.3) is 0 Å². The number of non-ortho nitro benzene ring substituents is 1. The van der Waals surface area contributed by atoms with E-state index in [0.29, 0.717) is 31.6 Å². The van der Waals surface area contributed by atoms with Gasteiger partial charge < -0.3 is 10.2 Å². The van der Waals surface area contributed by atoms with Crippen LogP contribution in [0.2, 0.25) is 0 Å². The molecule has 0 bridgehead atoms. The van der Waals surface area contributed by atoms with Gasteiger partial charge in [0.25, 0.3) is 5.69 Å². The summed E-state index contributed by atoms with van der Waals surface area (Å²) in [6.07, 6.45) is 1.48. The molecule has 2 fully saturated rings. The highest BCUT2D eigenvalue weighted by atomic mass is 19.1. The quantitative estimate of drug-likeness (QED) is 0.592. The molecule has 10 heteroatoms. The maximum atomic E-state index is 13.0. The van der Waals surface area contributed by atoms with Gasteiger partial charge in [-0.2, -0.15) is 5.01 Å². The Labute approximate surface area is 171 Å². The van der Waals surface area contributed by atoms with Crippen LogP contribution >= 0.6 is 0 Å². The van der Waals surface area contributed by atoms with Gasteiger partial charge >= 0.3 is 6.03 Å². The van der Waals surface area contributed by atoms with Gasteiger partial charge in [0.05, 0.1) is 10.5 Å². The normalized spacial score (nSPS) is 18.0. The van der Waals surface area contributed by atoms with Crippen molar-refractivity contribution in [1.29, 1.82) is 0 Å². The molecule has 4 rings (SSSR count). The summed E-state index contributed by atoms with van der Waals surface area (Å²) in [5, 5.41) is 14.4. The number of benzene rings is 2. The molecule has 0 atom stereocenters. The molecule has 2 aliphatic heterocycles.